The van der Waals surface area contributed by atoms with Gasteiger partial charge in [0.2, 0.25) is 5.91 Å². The van der Waals surface area contributed by atoms with E-state index >= 15 is 0 Å². The average Bonchev–Trinajstić information content (AvgIpc) is 3.04. The highest BCUT2D eigenvalue weighted by atomic mass is 16.5. The number of benzene rings is 2. The molecule has 2 aliphatic heterocycles. The van der Waals surface area contributed by atoms with Crippen LogP contribution < -0.4 is 10.5 Å². The zero-order chi connectivity index (χ0) is 21.8. The van der Waals surface area contributed by atoms with Crippen LogP contribution in [0.4, 0.5) is 0 Å². The minimum absolute atomic E-state index is 0.0650. The summed E-state index contributed by atoms with van der Waals surface area (Å²) in [6.07, 6.45) is 1.50. The van der Waals surface area contributed by atoms with Gasteiger partial charge >= 0.3 is 0 Å². The summed E-state index contributed by atoms with van der Waals surface area (Å²) in [5.74, 6) is 0.540. The van der Waals surface area contributed by atoms with Crippen molar-refractivity contribution in [3.8, 4) is 5.75 Å². The van der Waals surface area contributed by atoms with Crippen LogP contribution in [0.3, 0.4) is 0 Å². The Morgan fingerprint density at radius 1 is 1.16 bits per heavy atom. The third-order valence-electron chi connectivity index (χ3n) is 6.02. The quantitative estimate of drug-likeness (QED) is 0.743. The molecular weight excluding hydrogens is 392 g/mol. The Labute approximate surface area is 182 Å². The Hall–Kier alpha value is -3.19. The lowest BCUT2D eigenvalue weighted by Gasteiger charge is -2.40. The van der Waals surface area contributed by atoms with Crippen LogP contribution in [0.2, 0.25) is 0 Å². The minimum atomic E-state index is -0.815. The van der Waals surface area contributed by atoms with Crippen LogP contribution in [0, 0.1) is 5.41 Å². The van der Waals surface area contributed by atoms with Gasteiger partial charge in [-0.1, -0.05) is 48.5 Å². The van der Waals surface area contributed by atoms with Gasteiger partial charge in [-0.25, -0.2) is 5.01 Å². The van der Waals surface area contributed by atoms with Crippen molar-refractivity contribution in [3.63, 3.8) is 0 Å². The third-order valence-corrected chi connectivity index (χ3v) is 6.02. The number of carbonyl (C=O) groups excluding carboxylic acids is 2. The molecule has 1 saturated heterocycles. The van der Waals surface area contributed by atoms with Crippen LogP contribution in [0.25, 0.3) is 0 Å². The molecule has 0 unspecified atom stereocenters. The molecular formula is C24H28N4O3. The Morgan fingerprint density at radius 3 is 2.55 bits per heavy atom. The Balaban J connectivity index is 1.44. The number of nitrogens with zero attached hydrogens (tertiary/aromatic N) is 3. The van der Waals surface area contributed by atoms with Crippen molar-refractivity contribution in [2.24, 2.45) is 16.3 Å². The van der Waals surface area contributed by atoms with Gasteiger partial charge < -0.3 is 15.4 Å². The van der Waals surface area contributed by atoms with Gasteiger partial charge in [-0.15, -0.1) is 0 Å². The number of likely N-dealkylation sites (tertiary alicyclic amines) is 1. The van der Waals surface area contributed by atoms with Crippen molar-refractivity contribution < 1.29 is 14.3 Å². The zero-order valence-corrected chi connectivity index (χ0v) is 17.7. The second kappa shape index (κ2) is 8.89. The molecule has 0 radical (unpaired) electrons. The van der Waals surface area contributed by atoms with Gasteiger partial charge in [0.15, 0.2) is 0 Å². The van der Waals surface area contributed by atoms with E-state index < -0.39 is 11.5 Å². The van der Waals surface area contributed by atoms with Crippen LogP contribution in [-0.2, 0) is 16.0 Å². The molecule has 162 valence electrons. The van der Waals surface area contributed by atoms with Crippen molar-refractivity contribution in [3.05, 3.63) is 66.2 Å². The number of piperidine rings is 1. The molecule has 0 spiro atoms. The van der Waals surface area contributed by atoms with Crippen LogP contribution in [0.5, 0.6) is 5.75 Å². The van der Waals surface area contributed by atoms with Gasteiger partial charge in [-0.3, -0.25) is 9.59 Å². The molecule has 2 aromatic rings. The summed E-state index contributed by atoms with van der Waals surface area (Å²) in [6.45, 7) is 1.17. The van der Waals surface area contributed by atoms with Gasteiger partial charge in [0, 0.05) is 33.0 Å². The normalized spacial score (nSPS) is 21.5. The monoisotopic (exact) mass is 420 g/mol. The van der Waals surface area contributed by atoms with E-state index in [1.54, 1.807) is 11.9 Å². The molecule has 2 amide bonds. The van der Waals surface area contributed by atoms with E-state index in [1.807, 2.05) is 60.7 Å². The Bertz CT molecular complexity index is 963. The van der Waals surface area contributed by atoms with E-state index in [0.29, 0.717) is 39.0 Å². The van der Waals surface area contributed by atoms with Gasteiger partial charge in [0.25, 0.3) is 5.91 Å². The van der Waals surface area contributed by atoms with E-state index in [-0.39, 0.29) is 11.8 Å². The molecule has 2 aromatic carbocycles. The van der Waals surface area contributed by atoms with Gasteiger partial charge in [-0.05, 0) is 24.1 Å². The number of amides is 2. The van der Waals surface area contributed by atoms with E-state index in [0.717, 1.165) is 17.0 Å². The average molecular weight is 421 g/mol. The standard InChI is InChI=1S/C24H28N4O3/c1-27-23(30)24(16-18-8-4-2-5-9-18)17-28(14-12-21(24)26-27)22(29)20(25)13-15-31-19-10-6-3-7-11-19/h2-11,20H,12-17,25H2,1H3/t20-,24-/m1/s1. The molecule has 31 heavy (non-hydrogen) atoms. The lowest BCUT2D eigenvalue weighted by Crippen LogP contribution is -2.58. The van der Waals surface area contributed by atoms with Gasteiger partial charge in [-0.2, -0.15) is 5.10 Å². The summed E-state index contributed by atoms with van der Waals surface area (Å²) in [5, 5.41) is 5.91. The number of hydrazone groups is 1. The molecule has 4 rings (SSSR count). The number of carbonyl (C=O) groups is 2. The van der Waals surface area contributed by atoms with Crippen LogP contribution >= 0.6 is 0 Å². The highest BCUT2D eigenvalue weighted by molar-refractivity contribution is 6.13. The number of para-hydroxylation sites is 1. The number of nitrogens with two attached hydrogens (primary N) is 1. The third kappa shape index (κ3) is 4.32. The number of ether oxygens (including phenoxy) is 1. The molecule has 0 aromatic heterocycles. The lowest BCUT2D eigenvalue weighted by atomic mass is 9.73. The SMILES string of the molecule is CN1N=C2CCN(C(=O)[C@H](N)CCOc3ccccc3)C[C@@]2(Cc2ccccc2)C1=O. The fraction of sp³-hybridized carbons (Fsp3) is 0.375. The first-order chi connectivity index (χ1) is 15.0. The van der Waals surface area contributed by atoms with Crippen molar-refractivity contribution in [1.29, 1.82) is 0 Å². The highest BCUT2D eigenvalue weighted by Gasteiger charge is 2.53. The molecule has 2 heterocycles. The Morgan fingerprint density at radius 2 is 1.84 bits per heavy atom. The van der Waals surface area contributed by atoms with Gasteiger partial charge in [0.05, 0.1) is 18.4 Å². The maximum Gasteiger partial charge on any atom is 0.256 e. The van der Waals surface area contributed by atoms with E-state index in [9.17, 15) is 9.59 Å². The largest absolute Gasteiger partial charge is 0.494 e. The predicted octanol–water partition coefficient (Wildman–Crippen LogP) is 2.07. The summed E-state index contributed by atoms with van der Waals surface area (Å²) in [6, 6.07) is 18.7. The minimum Gasteiger partial charge on any atom is -0.494 e. The first-order valence-corrected chi connectivity index (χ1v) is 10.6. The highest BCUT2D eigenvalue weighted by Crippen LogP contribution is 2.38. The predicted molar refractivity (Wildman–Crippen MR) is 119 cm³/mol. The molecule has 7 nitrogen and oxygen atoms in total. The molecule has 0 aliphatic carbocycles. The maximum atomic E-state index is 13.2. The molecule has 0 bridgehead atoms. The van der Waals surface area contributed by atoms with Crippen molar-refractivity contribution in [2.75, 3.05) is 26.7 Å². The molecule has 0 saturated carbocycles. The van der Waals surface area contributed by atoms with E-state index in [2.05, 4.69) is 5.10 Å². The van der Waals surface area contributed by atoms with Crippen LogP contribution in [-0.4, -0.2) is 60.2 Å². The summed E-state index contributed by atoms with van der Waals surface area (Å²) >= 11 is 0. The first-order valence-electron chi connectivity index (χ1n) is 10.6. The van der Waals surface area contributed by atoms with Crippen molar-refractivity contribution >= 4 is 17.5 Å². The van der Waals surface area contributed by atoms with E-state index in [4.69, 9.17) is 10.5 Å². The molecule has 7 heteroatoms. The summed E-state index contributed by atoms with van der Waals surface area (Å²) in [4.78, 5) is 28.0. The molecule has 2 N–H and O–H groups in total. The van der Waals surface area contributed by atoms with Crippen LogP contribution in [0.15, 0.2) is 65.8 Å². The fourth-order valence-corrected chi connectivity index (χ4v) is 4.39. The number of hydrogen-bond acceptors (Lipinski definition) is 5. The van der Waals surface area contributed by atoms with Crippen LogP contribution in [0.1, 0.15) is 18.4 Å². The lowest BCUT2D eigenvalue weighted by molar-refractivity contribution is -0.140. The Kier molecular flexibility index (Phi) is 6.04. The molecule has 2 aliphatic rings. The summed E-state index contributed by atoms with van der Waals surface area (Å²) in [7, 11) is 1.68. The first kappa shape index (κ1) is 21.1. The van der Waals surface area contributed by atoms with E-state index in [1.165, 1.54) is 5.01 Å². The fourth-order valence-electron chi connectivity index (χ4n) is 4.39. The number of hydrogen-bond donors (Lipinski definition) is 1. The molecule has 2 atom stereocenters. The summed E-state index contributed by atoms with van der Waals surface area (Å²) < 4.78 is 5.68. The van der Waals surface area contributed by atoms with Gasteiger partial charge in [0.1, 0.15) is 11.2 Å². The number of fused-ring (bicyclic) bond motifs is 1. The van der Waals surface area contributed by atoms with Crippen molar-refractivity contribution in [1.82, 2.24) is 9.91 Å². The van der Waals surface area contributed by atoms with Crippen molar-refractivity contribution in [2.45, 2.75) is 25.3 Å². The number of rotatable bonds is 7. The summed E-state index contributed by atoms with van der Waals surface area (Å²) in [5.41, 5.74) is 7.30. The molecule has 1 fully saturated rings. The smallest absolute Gasteiger partial charge is 0.256 e. The second-order valence-electron chi connectivity index (χ2n) is 8.19. The maximum absolute atomic E-state index is 13.2. The second-order valence-corrected chi connectivity index (χ2v) is 8.19. The zero-order valence-electron chi connectivity index (χ0n) is 17.7. The topological polar surface area (TPSA) is 88.2 Å².